The van der Waals surface area contributed by atoms with Gasteiger partial charge in [-0.05, 0) is 44.4 Å². The van der Waals surface area contributed by atoms with Crippen molar-refractivity contribution in [2.45, 2.75) is 37.8 Å². The number of ether oxygens (including phenoxy) is 1. The highest BCUT2D eigenvalue weighted by molar-refractivity contribution is 5.78. The molecule has 1 amide bonds. The summed E-state index contributed by atoms with van der Waals surface area (Å²) in [6.07, 6.45) is 4.75. The fourth-order valence-corrected chi connectivity index (χ4v) is 4.40. The molecule has 1 atom stereocenters. The first-order chi connectivity index (χ1) is 13.2. The summed E-state index contributed by atoms with van der Waals surface area (Å²) < 4.78 is 5.52. The molecule has 2 heterocycles. The third-order valence-electron chi connectivity index (χ3n) is 6.05. The van der Waals surface area contributed by atoms with Crippen LogP contribution < -0.4 is 15.0 Å². The normalized spacial score (nSPS) is 24.6. The average molecular weight is 373 g/mol. The maximum Gasteiger partial charge on any atom is 0.234 e. The van der Waals surface area contributed by atoms with Crippen LogP contribution >= 0.6 is 0 Å². The molecule has 1 aromatic carbocycles. The number of hydrogen-bond acceptors (Lipinski definition) is 5. The molecular formula is C21H32N4O2. The fourth-order valence-electron chi connectivity index (χ4n) is 4.40. The predicted molar refractivity (Wildman–Crippen MR) is 107 cm³/mol. The lowest BCUT2D eigenvalue weighted by Gasteiger charge is -2.44. The van der Waals surface area contributed by atoms with Crippen LogP contribution in [0.3, 0.4) is 0 Å². The van der Waals surface area contributed by atoms with Gasteiger partial charge in [0, 0.05) is 44.8 Å². The van der Waals surface area contributed by atoms with Crippen molar-refractivity contribution in [3.63, 3.8) is 0 Å². The summed E-state index contributed by atoms with van der Waals surface area (Å²) in [6, 6.07) is 9.32. The molecule has 2 saturated heterocycles. The first-order valence-corrected chi connectivity index (χ1v) is 10.4. The summed E-state index contributed by atoms with van der Waals surface area (Å²) in [5.74, 6) is 1.16. The first-order valence-electron chi connectivity index (χ1n) is 10.4. The quantitative estimate of drug-likeness (QED) is 0.821. The van der Waals surface area contributed by atoms with Crippen molar-refractivity contribution < 1.29 is 9.53 Å². The van der Waals surface area contributed by atoms with Crippen molar-refractivity contribution in [3.8, 4) is 5.75 Å². The minimum absolute atomic E-state index is 0.208. The summed E-state index contributed by atoms with van der Waals surface area (Å²) >= 11 is 0. The van der Waals surface area contributed by atoms with Crippen molar-refractivity contribution in [2.24, 2.45) is 0 Å². The van der Waals surface area contributed by atoms with Gasteiger partial charge in [0.1, 0.15) is 5.75 Å². The van der Waals surface area contributed by atoms with Gasteiger partial charge in [-0.25, -0.2) is 0 Å². The summed E-state index contributed by atoms with van der Waals surface area (Å²) in [4.78, 5) is 19.5. The topological polar surface area (TPSA) is 48.1 Å². The molecule has 0 aromatic heterocycles. The predicted octanol–water partition coefficient (Wildman–Crippen LogP) is 1.56. The second-order valence-corrected chi connectivity index (χ2v) is 8.07. The molecule has 0 bridgehead atoms. The second-order valence-electron chi connectivity index (χ2n) is 8.07. The second kappa shape index (κ2) is 8.48. The number of piperidine rings is 1. The van der Waals surface area contributed by atoms with Gasteiger partial charge >= 0.3 is 0 Å². The Balaban J connectivity index is 1.28. The van der Waals surface area contributed by atoms with Gasteiger partial charge in [-0.3, -0.25) is 14.6 Å². The van der Waals surface area contributed by atoms with Gasteiger partial charge in [0.2, 0.25) is 5.91 Å². The summed E-state index contributed by atoms with van der Waals surface area (Å²) in [6.45, 7) is 6.84. The van der Waals surface area contributed by atoms with Crippen LogP contribution in [0.4, 0.5) is 5.69 Å². The molecule has 1 saturated carbocycles. The van der Waals surface area contributed by atoms with Crippen molar-refractivity contribution >= 4 is 11.6 Å². The number of rotatable bonds is 6. The smallest absolute Gasteiger partial charge is 0.234 e. The molecule has 0 radical (unpaired) electrons. The van der Waals surface area contributed by atoms with Gasteiger partial charge in [-0.15, -0.1) is 0 Å². The SMILES string of the molecule is COc1ccccc1N1CCN([C@H]2CCCN(CC(=O)NC3CC3)C2)CC1. The lowest BCUT2D eigenvalue weighted by Crippen LogP contribution is -2.56. The van der Waals surface area contributed by atoms with Gasteiger partial charge in [-0.1, -0.05) is 12.1 Å². The number of hydrogen-bond donors (Lipinski definition) is 1. The number of piperazine rings is 1. The highest BCUT2D eigenvalue weighted by atomic mass is 16.5. The molecule has 0 spiro atoms. The van der Waals surface area contributed by atoms with Gasteiger partial charge < -0.3 is 15.0 Å². The van der Waals surface area contributed by atoms with E-state index in [9.17, 15) is 4.79 Å². The summed E-state index contributed by atoms with van der Waals surface area (Å²) in [5, 5.41) is 3.12. The third kappa shape index (κ3) is 4.74. The Morgan fingerprint density at radius 1 is 1.11 bits per heavy atom. The Morgan fingerprint density at radius 2 is 1.89 bits per heavy atom. The zero-order chi connectivity index (χ0) is 18.6. The minimum Gasteiger partial charge on any atom is -0.495 e. The van der Waals surface area contributed by atoms with E-state index in [0.29, 0.717) is 18.6 Å². The number of anilines is 1. The molecule has 1 aromatic rings. The van der Waals surface area contributed by atoms with Crippen molar-refractivity contribution in [2.75, 3.05) is 57.8 Å². The number of nitrogens with zero attached hydrogens (tertiary/aromatic N) is 3. The number of nitrogens with one attached hydrogen (secondary N) is 1. The van der Waals surface area contributed by atoms with Crippen LogP contribution in [0, 0.1) is 0 Å². The van der Waals surface area contributed by atoms with Crippen LogP contribution in [0.2, 0.25) is 0 Å². The summed E-state index contributed by atoms with van der Waals surface area (Å²) in [7, 11) is 1.74. The van der Waals surface area contributed by atoms with E-state index in [4.69, 9.17) is 4.74 Å². The number of carbonyl (C=O) groups excluding carboxylic acids is 1. The number of para-hydroxylation sites is 2. The summed E-state index contributed by atoms with van der Waals surface area (Å²) in [5.41, 5.74) is 1.20. The van der Waals surface area contributed by atoms with E-state index in [1.165, 1.54) is 18.5 Å². The Hall–Kier alpha value is -1.79. The largest absolute Gasteiger partial charge is 0.495 e. The lowest BCUT2D eigenvalue weighted by atomic mass is 10.0. The molecule has 1 N–H and O–H groups in total. The number of benzene rings is 1. The number of likely N-dealkylation sites (tertiary alicyclic amines) is 1. The standard InChI is InChI=1S/C21H32N4O2/c1-27-20-7-3-2-6-19(20)25-13-11-24(12-14-25)18-5-4-10-23(15-18)16-21(26)22-17-8-9-17/h2-3,6-7,17-18H,4-5,8-16H2,1H3,(H,22,26)/t18-/m0/s1. The van der Waals surface area contributed by atoms with E-state index in [1.807, 2.05) is 12.1 Å². The molecule has 27 heavy (non-hydrogen) atoms. The van der Waals surface area contributed by atoms with Gasteiger partial charge in [0.05, 0.1) is 19.3 Å². The van der Waals surface area contributed by atoms with Crippen molar-refractivity contribution in [1.82, 2.24) is 15.1 Å². The lowest BCUT2D eigenvalue weighted by molar-refractivity contribution is -0.122. The molecule has 3 aliphatic rings. The molecule has 1 aliphatic carbocycles. The molecule has 3 fully saturated rings. The average Bonchev–Trinajstić information content (AvgIpc) is 3.52. The van der Waals surface area contributed by atoms with E-state index >= 15 is 0 Å². The Labute approximate surface area is 162 Å². The number of carbonyl (C=O) groups is 1. The molecule has 2 aliphatic heterocycles. The zero-order valence-corrected chi connectivity index (χ0v) is 16.4. The van der Waals surface area contributed by atoms with Gasteiger partial charge in [0.15, 0.2) is 0 Å². The van der Waals surface area contributed by atoms with Crippen LogP contribution in [0.5, 0.6) is 5.75 Å². The zero-order valence-electron chi connectivity index (χ0n) is 16.4. The first kappa shape index (κ1) is 18.6. The van der Waals surface area contributed by atoms with Crippen LogP contribution in [0.15, 0.2) is 24.3 Å². The molecule has 4 rings (SSSR count). The van der Waals surface area contributed by atoms with E-state index in [1.54, 1.807) is 7.11 Å². The van der Waals surface area contributed by atoms with E-state index in [-0.39, 0.29) is 5.91 Å². The van der Waals surface area contributed by atoms with Crippen LogP contribution in [0.25, 0.3) is 0 Å². The van der Waals surface area contributed by atoms with Crippen LogP contribution in [-0.4, -0.2) is 80.7 Å². The molecular weight excluding hydrogens is 340 g/mol. The third-order valence-corrected chi connectivity index (χ3v) is 6.05. The Kier molecular flexibility index (Phi) is 5.83. The van der Waals surface area contributed by atoms with Crippen molar-refractivity contribution in [1.29, 1.82) is 0 Å². The minimum atomic E-state index is 0.208. The number of methoxy groups -OCH3 is 1. The van der Waals surface area contributed by atoms with Gasteiger partial charge in [0.25, 0.3) is 0 Å². The fraction of sp³-hybridized carbons (Fsp3) is 0.667. The van der Waals surface area contributed by atoms with E-state index in [0.717, 1.165) is 57.9 Å². The van der Waals surface area contributed by atoms with Gasteiger partial charge in [-0.2, -0.15) is 0 Å². The van der Waals surface area contributed by atoms with E-state index < -0.39 is 0 Å². The molecule has 0 unspecified atom stereocenters. The highest BCUT2D eigenvalue weighted by Crippen LogP contribution is 2.29. The molecule has 6 heteroatoms. The molecule has 148 valence electrons. The highest BCUT2D eigenvalue weighted by Gasteiger charge is 2.30. The molecule has 6 nitrogen and oxygen atoms in total. The van der Waals surface area contributed by atoms with Crippen molar-refractivity contribution in [3.05, 3.63) is 24.3 Å². The van der Waals surface area contributed by atoms with Crippen LogP contribution in [0.1, 0.15) is 25.7 Å². The number of amides is 1. The Bertz CT molecular complexity index is 641. The monoisotopic (exact) mass is 372 g/mol. The maximum absolute atomic E-state index is 12.1. The van der Waals surface area contributed by atoms with Crippen LogP contribution in [-0.2, 0) is 4.79 Å². The maximum atomic E-state index is 12.1. The Morgan fingerprint density at radius 3 is 2.63 bits per heavy atom. The van der Waals surface area contributed by atoms with E-state index in [2.05, 4.69) is 32.1 Å².